The molecule has 0 spiro atoms. The lowest BCUT2D eigenvalue weighted by atomic mass is 9.67. The molecule has 1 rings (SSSR count). The van der Waals surface area contributed by atoms with Crippen LogP contribution in [0.2, 0.25) is 0 Å². The van der Waals surface area contributed by atoms with Gasteiger partial charge in [-0.1, -0.05) is 58.0 Å². The monoisotopic (exact) mass is 352 g/mol. The first-order valence-electron chi connectivity index (χ1n) is 9.14. The van der Waals surface area contributed by atoms with Gasteiger partial charge in [0.05, 0.1) is 0 Å². The maximum atomic E-state index is 9.43. The predicted molar refractivity (Wildman–Crippen MR) is 106 cm³/mol. The quantitative estimate of drug-likeness (QED) is 0.512. The van der Waals surface area contributed by atoms with Crippen LogP contribution in [-0.2, 0) is 5.75 Å². The zero-order chi connectivity index (χ0) is 18.1. The van der Waals surface area contributed by atoms with E-state index in [-0.39, 0.29) is 24.0 Å². The van der Waals surface area contributed by atoms with Gasteiger partial charge in [0, 0.05) is 19.0 Å². The van der Waals surface area contributed by atoms with Crippen LogP contribution in [0.15, 0.2) is 30.3 Å². The van der Waals surface area contributed by atoms with E-state index in [2.05, 4.69) is 58.0 Å². The molecule has 0 fully saturated rings. The van der Waals surface area contributed by atoms with Crippen LogP contribution in [-0.4, -0.2) is 29.2 Å². The van der Waals surface area contributed by atoms with Gasteiger partial charge in [-0.15, -0.1) is 0 Å². The van der Waals surface area contributed by atoms with Crippen LogP contribution in [0.5, 0.6) is 0 Å². The van der Waals surface area contributed by atoms with E-state index in [4.69, 9.17) is 0 Å². The zero-order valence-corrected chi connectivity index (χ0v) is 16.7. The first kappa shape index (κ1) is 21.5. The van der Waals surface area contributed by atoms with Crippen molar-refractivity contribution in [3.8, 4) is 0 Å². The third kappa shape index (κ3) is 8.04. The standard InChI is InChI=1S/C21H36O2S/c1-20(2,11-13-22)16-19(21(3,4)12-14-23)10-15-24-17-18-8-6-5-7-9-18/h5-9,19,22-23H,10-17H2,1-4H3. The van der Waals surface area contributed by atoms with Crippen LogP contribution in [0.3, 0.4) is 0 Å². The molecule has 1 aromatic carbocycles. The third-order valence-corrected chi connectivity index (χ3v) is 6.23. The minimum atomic E-state index is 0.134. The molecular formula is C21H36O2S. The van der Waals surface area contributed by atoms with Crippen molar-refractivity contribution in [1.82, 2.24) is 0 Å². The van der Waals surface area contributed by atoms with Gasteiger partial charge in [0.2, 0.25) is 0 Å². The highest BCUT2D eigenvalue weighted by Gasteiger charge is 2.33. The molecule has 0 saturated heterocycles. The minimum Gasteiger partial charge on any atom is -0.396 e. The van der Waals surface area contributed by atoms with E-state index in [0.717, 1.165) is 30.8 Å². The summed E-state index contributed by atoms with van der Waals surface area (Å²) in [5, 5.41) is 18.7. The van der Waals surface area contributed by atoms with Crippen molar-refractivity contribution in [3.05, 3.63) is 35.9 Å². The van der Waals surface area contributed by atoms with Crippen molar-refractivity contribution < 1.29 is 10.2 Å². The van der Waals surface area contributed by atoms with E-state index in [1.54, 1.807) is 0 Å². The number of benzene rings is 1. The lowest BCUT2D eigenvalue weighted by molar-refractivity contribution is 0.0879. The van der Waals surface area contributed by atoms with Crippen LogP contribution in [0.25, 0.3) is 0 Å². The second kappa shape index (κ2) is 10.5. The Labute approximate surface area is 153 Å². The summed E-state index contributed by atoms with van der Waals surface area (Å²) in [6, 6.07) is 10.6. The number of hydrogen-bond donors (Lipinski definition) is 2. The molecule has 0 aliphatic carbocycles. The fourth-order valence-corrected chi connectivity index (χ4v) is 4.35. The Morgan fingerprint density at radius 3 is 2.17 bits per heavy atom. The van der Waals surface area contributed by atoms with E-state index in [1.807, 2.05) is 11.8 Å². The SMILES string of the molecule is CC(C)(CCO)CC(CCSCc1ccccc1)C(C)(C)CCO. The van der Waals surface area contributed by atoms with Crippen molar-refractivity contribution in [1.29, 1.82) is 0 Å². The molecule has 0 heterocycles. The highest BCUT2D eigenvalue weighted by atomic mass is 32.2. The maximum absolute atomic E-state index is 9.43. The van der Waals surface area contributed by atoms with Crippen molar-refractivity contribution in [3.63, 3.8) is 0 Å². The molecule has 0 bridgehead atoms. The average molecular weight is 353 g/mol. The first-order chi connectivity index (χ1) is 11.3. The molecule has 24 heavy (non-hydrogen) atoms. The molecule has 1 unspecified atom stereocenters. The lowest BCUT2D eigenvalue weighted by Gasteiger charge is -2.39. The molecule has 1 atom stereocenters. The van der Waals surface area contributed by atoms with Gasteiger partial charge in [0.1, 0.15) is 0 Å². The molecule has 0 aromatic heterocycles. The minimum absolute atomic E-state index is 0.134. The predicted octanol–water partition coefficient (Wildman–Crippen LogP) is 5.13. The van der Waals surface area contributed by atoms with Gasteiger partial charge in [-0.2, -0.15) is 11.8 Å². The third-order valence-electron chi connectivity index (χ3n) is 5.17. The molecule has 3 heteroatoms. The summed E-state index contributed by atoms with van der Waals surface area (Å²) in [6.45, 7) is 9.57. The van der Waals surface area contributed by atoms with Crippen LogP contribution in [0.4, 0.5) is 0 Å². The Kier molecular flexibility index (Phi) is 9.40. The zero-order valence-electron chi connectivity index (χ0n) is 15.9. The lowest BCUT2D eigenvalue weighted by Crippen LogP contribution is -2.31. The molecule has 0 radical (unpaired) electrons. The van der Waals surface area contributed by atoms with Gasteiger partial charge in [-0.3, -0.25) is 0 Å². The highest BCUT2D eigenvalue weighted by Crippen LogP contribution is 2.42. The number of aliphatic hydroxyl groups is 2. The Hall–Kier alpha value is -0.510. The number of rotatable bonds is 12. The van der Waals surface area contributed by atoms with Crippen LogP contribution < -0.4 is 0 Å². The van der Waals surface area contributed by atoms with Gasteiger partial charge in [0.15, 0.2) is 0 Å². The van der Waals surface area contributed by atoms with E-state index >= 15 is 0 Å². The van der Waals surface area contributed by atoms with Gasteiger partial charge < -0.3 is 10.2 Å². The van der Waals surface area contributed by atoms with Gasteiger partial charge in [0.25, 0.3) is 0 Å². The maximum Gasteiger partial charge on any atom is 0.0436 e. The second-order valence-corrected chi connectivity index (χ2v) is 9.43. The molecule has 2 N–H and O–H groups in total. The molecule has 0 aliphatic heterocycles. The Morgan fingerprint density at radius 1 is 0.958 bits per heavy atom. The Balaban J connectivity index is 2.58. The number of aliphatic hydroxyl groups excluding tert-OH is 2. The molecule has 0 saturated carbocycles. The number of hydrogen-bond acceptors (Lipinski definition) is 3. The summed E-state index contributed by atoms with van der Waals surface area (Å²) < 4.78 is 0. The summed E-state index contributed by atoms with van der Waals surface area (Å²) in [7, 11) is 0. The second-order valence-electron chi connectivity index (χ2n) is 8.33. The summed E-state index contributed by atoms with van der Waals surface area (Å²) >= 11 is 2.00. The largest absolute Gasteiger partial charge is 0.396 e. The van der Waals surface area contributed by atoms with E-state index in [9.17, 15) is 10.2 Å². The Bertz CT molecular complexity index is 442. The normalized spacial score (nSPS) is 13.9. The van der Waals surface area contributed by atoms with Gasteiger partial charge in [-0.05, 0) is 53.7 Å². The summed E-state index contributed by atoms with van der Waals surface area (Å²) in [5.74, 6) is 2.77. The van der Waals surface area contributed by atoms with Crippen molar-refractivity contribution >= 4 is 11.8 Å². The first-order valence-corrected chi connectivity index (χ1v) is 10.3. The van der Waals surface area contributed by atoms with Gasteiger partial charge >= 0.3 is 0 Å². The molecule has 138 valence electrons. The van der Waals surface area contributed by atoms with Gasteiger partial charge in [-0.25, -0.2) is 0 Å². The molecule has 2 nitrogen and oxygen atoms in total. The Morgan fingerprint density at radius 2 is 1.58 bits per heavy atom. The summed E-state index contributed by atoms with van der Waals surface area (Å²) in [5.41, 5.74) is 1.67. The van der Waals surface area contributed by atoms with Crippen molar-refractivity contribution in [2.75, 3.05) is 19.0 Å². The van der Waals surface area contributed by atoms with Crippen LogP contribution >= 0.6 is 11.8 Å². The highest BCUT2D eigenvalue weighted by molar-refractivity contribution is 7.98. The smallest absolute Gasteiger partial charge is 0.0436 e. The summed E-state index contributed by atoms with van der Waals surface area (Å²) in [6.07, 6.45) is 3.96. The molecule has 0 amide bonds. The average Bonchev–Trinajstić information content (AvgIpc) is 2.51. The van der Waals surface area contributed by atoms with Crippen LogP contribution in [0, 0.1) is 16.7 Å². The number of thioether (sulfide) groups is 1. The summed E-state index contributed by atoms with van der Waals surface area (Å²) in [4.78, 5) is 0. The van der Waals surface area contributed by atoms with Crippen molar-refractivity contribution in [2.24, 2.45) is 16.7 Å². The molecule has 1 aromatic rings. The van der Waals surface area contributed by atoms with E-state index in [1.165, 1.54) is 12.0 Å². The fraction of sp³-hybridized carbons (Fsp3) is 0.714. The van der Waals surface area contributed by atoms with Crippen molar-refractivity contribution in [2.45, 2.75) is 59.1 Å². The van der Waals surface area contributed by atoms with E-state index in [0.29, 0.717) is 5.92 Å². The van der Waals surface area contributed by atoms with E-state index < -0.39 is 0 Å². The topological polar surface area (TPSA) is 40.5 Å². The fourth-order valence-electron chi connectivity index (χ4n) is 3.32. The molecule has 0 aliphatic rings. The van der Waals surface area contributed by atoms with Crippen LogP contribution in [0.1, 0.15) is 58.9 Å². The molecular weight excluding hydrogens is 316 g/mol.